The van der Waals surface area contributed by atoms with Crippen LogP contribution in [0, 0.1) is 5.92 Å². The lowest BCUT2D eigenvalue weighted by Gasteiger charge is -2.32. The number of nitrogens with one attached hydrogen (secondary N) is 1. The number of benzene rings is 2. The molecule has 0 unspecified atom stereocenters. The van der Waals surface area contributed by atoms with Gasteiger partial charge in [-0.15, -0.1) is 0 Å². The van der Waals surface area contributed by atoms with Gasteiger partial charge < -0.3 is 0 Å². The van der Waals surface area contributed by atoms with Gasteiger partial charge in [0.05, 0.1) is 10.5 Å². The van der Waals surface area contributed by atoms with Crippen molar-refractivity contribution in [2.24, 2.45) is 5.92 Å². The second-order valence-electron chi connectivity index (χ2n) is 7.05. The molecule has 1 fully saturated rings. The average molecular weight is 412 g/mol. The Morgan fingerprint density at radius 1 is 0.964 bits per heavy atom. The molecule has 28 heavy (non-hydrogen) atoms. The Morgan fingerprint density at radius 2 is 1.57 bits per heavy atom. The molecule has 152 valence electrons. The summed E-state index contributed by atoms with van der Waals surface area (Å²) in [5, 5.41) is 0. The highest BCUT2D eigenvalue weighted by atomic mass is 32.2. The van der Waals surface area contributed by atoms with E-state index in [0.29, 0.717) is 0 Å². The van der Waals surface area contributed by atoms with Crippen molar-refractivity contribution in [1.82, 2.24) is 9.62 Å². The number of nitrogens with zero attached hydrogens (tertiary/aromatic N) is 1. The Labute approximate surface area is 163 Å². The van der Waals surface area contributed by atoms with Gasteiger partial charge in [0.25, 0.3) is 0 Å². The summed E-state index contributed by atoms with van der Waals surface area (Å²) < 4.78 is 66.5. The Hall–Kier alpha value is -1.90. The maximum Gasteiger partial charge on any atom is 0.417 e. The van der Waals surface area contributed by atoms with Gasteiger partial charge in [0, 0.05) is 13.1 Å². The van der Waals surface area contributed by atoms with Crippen LogP contribution in [0.15, 0.2) is 59.5 Å². The van der Waals surface area contributed by atoms with E-state index in [-0.39, 0.29) is 12.5 Å². The number of rotatable bonds is 6. The Morgan fingerprint density at radius 3 is 2.21 bits per heavy atom. The second kappa shape index (κ2) is 8.63. The highest BCUT2D eigenvalue weighted by molar-refractivity contribution is 7.89. The summed E-state index contributed by atoms with van der Waals surface area (Å²) in [7, 11) is -4.22. The van der Waals surface area contributed by atoms with E-state index in [1.54, 1.807) is 0 Å². The maximum atomic E-state index is 13.1. The number of hydrogen-bond donors (Lipinski definition) is 1. The fraction of sp³-hybridized carbons (Fsp3) is 0.400. The lowest BCUT2D eigenvalue weighted by atomic mass is 9.97. The second-order valence-corrected chi connectivity index (χ2v) is 8.79. The molecule has 1 saturated heterocycles. The van der Waals surface area contributed by atoms with Gasteiger partial charge in [-0.1, -0.05) is 42.5 Å². The third-order valence-electron chi connectivity index (χ3n) is 5.00. The molecule has 8 heteroatoms. The molecule has 1 heterocycles. The normalized spacial score (nSPS) is 17.0. The van der Waals surface area contributed by atoms with E-state index < -0.39 is 26.7 Å². The molecule has 0 radical (unpaired) electrons. The van der Waals surface area contributed by atoms with Crippen LogP contribution in [0.2, 0.25) is 0 Å². The Balaban J connectivity index is 1.55. The Kier molecular flexibility index (Phi) is 6.42. The molecule has 0 atom stereocenters. The maximum absolute atomic E-state index is 13.1. The molecule has 1 aliphatic heterocycles. The van der Waals surface area contributed by atoms with Crippen LogP contribution in [0.4, 0.5) is 13.2 Å². The number of sulfonamides is 1. The van der Waals surface area contributed by atoms with Crippen molar-refractivity contribution in [3.63, 3.8) is 0 Å². The monoisotopic (exact) mass is 412 g/mol. The van der Waals surface area contributed by atoms with Crippen molar-refractivity contribution in [1.29, 1.82) is 0 Å². The largest absolute Gasteiger partial charge is 0.417 e. The molecule has 1 N–H and O–H groups in total. The molecule has 0 spiro atoms. The minimum atomic E-state index is -4.71. The molecule has 3 rings (SSSR count). The number of halogens is 3. The molecule has 0 saturated carbocycles. The fourth-order valence-corrected chi connectivity index (χ4v) is 4.77. The molecule has 0 aromatic heterocycles. The zero-order valence-electron chi connectivity index (χ0n) is 15.3. The summed E-state index contributed by atoms with van der Waals surface area (Å²) in [5.41, 5.74) is 0.0885. The van der Waals surface area contributed by atoms with E-state index in [9.17, 15) is 21.6 Å². The highest BCUT2D eigenvalue weighted by Crippen LogP contribution is 2.34. The Bertz CT molecular complexity index is 878. The van der Waals surface area contributed by atoms with Crippen LogP contribution >= 0.6 is 0 Å². The van der Waals surface area contributed by atoms with Gasteiger partial charge in [0.2, 0.25) is 10.0 Å². The van der Waals surface area contributed by atoms with Crippen molar-refractivity contribution in [3.05, 3.63) is 65.7 Å². The third-order valence-corrected chi connectivity index (χ3v) is 6.48. The van der Waals surface area contributed by atoms with Crippen LogP contribution < -0.4 is 4.72 Å². The van der Waals surface area contributed by atoms with Crippen LogP contribution in [0.25, 0.3) is 0 Å². The highest BCUT2D eigenvalue weighted by Gasteiger charge is 2.37. The first-order valence-electron chi connectivity index (χ1n) is 9.18. The molecular formula is C20H23F3N2O2S. The van der Waals surface area contributed by atoms with Gasteiger partial charge in [-0.25, -0.2) is 13.1 Å². The molecule has 2 aromatic rings. The van der Waals surface area contributed by atoms with Crippen molar-refractivity contribution in [2.75, 3.05) is 19.6 Å². The predicted molar refractivity (Wildman–Crippen MR) is 101 cm³/mol. The quantitative estimate of drug-likeness (QED) is 0.783. The summed E-state index contributed by atoms with van der Waals surface area (Å²) in [6, 6.07) is 14.4. The van der Waals surface area contributed by atoms with Gasteiger partial charge in [-0.3, -0.25) is 4.90 Å². The van der Waals surface area contributed by atoms with Crippen molar-refractivity contribution in [3.8, 4) is 0 Å². The van der Waals surface area contributed by atoms with Crippen molar-refractivity contribution in [2.45, 2.75) is 30.5 Å². The van der Waals surface area contributed by atoms with Gasteiger partial charge in [-0.05, 0) is 49.5 Å². The zero-order valence-corrected chi connectivity index (χ0v) is 16.1. The van der Waals surface area contributed by atoms with E-state index >= 15 is 0 Å². The molecule has 0 aliphatic carbocycles. The van der Waals surface area contributed by atoms with Crippen molar-refractivity contribution < 1.29 is 21.6 Å². The first-order chi connectivity index (χ1) is 13.3. The number of likely N-dealkylation sites (tertiary alicyclic amines) is 1. The van der Waals surface area contributed by atoms with Crippen LogP contribution in [0.5, 0.6) is 0 Å². The van der Waals surface area contributed by atoms with Crippen LogP contribution in [0.3, 0.4) is 0 Å². The van der Waals surface area contributed by atoms with Gasteiger partial charge in [-0.2, -0.15) is 13.2 Å². The van der Waals surface area contributed by atoms with E-state index in [1.807, 2.05) is 18.2 Å². The summed E-state index contributed by atoms with van der Waals surface area (Å²) >= 11 is 0. The number of alkyl halides is 3. The first kappa shape index (κ1) is 20.8. The molecular weight excluding hydrogens is 389 g/mol. The number of piperidine rings is 1. The lowest BCUT2D eigenvalue weighted by Crippen LogP contribution is -2.38. The minimum absolute atomic E-state index is 0.111. The first-order valence-corrected chi connectivity index (χ1v) is 10.7. The van der Waals surface area contributed by atoms with Gasteiger partial charge in [0.15, 0.2) is 0 Å². The lowest BCUT2D eigenvalue weighted by molar-refractivity contribution is -0.139. The topological polar surface area (TPSA) is 49.4 Å². The van der Waals surface area contributed by atoms with Gasteiger partial charge >= 0.3 is 6.18 Å². The van der Waals surface area contributed by atoms with E-state index in [4.69, 9.17) is 0 Å². The van der Waals surface area contributed by atoms with Gasteiger partial charge in [0.1, 0.15) is 0 Å². The zero-order chi connectivity index (χ0) is 20.2. The predicted octanol–water partition coefficient (Wildman–Crippen LogP) is 3.90. The summed E-state index contributed by atoms with van der Waals surface area (Å²) in [4.78, 5) is 1.59. The minimum Gasteiger partial charge on any atom is -0.299 e. The standard InChI is InChI=1S/C20H23F3N2O2S/c21-20(22,23)18-8-4-5-9-19(18)28(26,27)24-14-16-10-12-25(13-11-16)15-17-6-2-1-3-7-17/h1-9,16,24H,10-15H2. The summed E-state index contributed by atoms with van der Waals surface area (Å²) in [6.45, 7) is 2.66. The van der Waals surface area contributed by atoms with E-state index in [2.05, 4.69) is 21.8 Å². The number of hydrogen-bond acceptors (Lipinski definition) is 3. The van der Waals surface area contributed by atoms with E-state index in [0.717, 1.165) is 44.6 Å². The molecule has 1 aliphatic rings. The molecule has 2 aromatic carbocycles. The SMILES string of the molecule is O=S(=O)(NCC1CCN(Cc2ccccc2)CC1)c1ccccc1C(F)(F)F. The molecule has 4 nitrogen and oxygen atoms in total. The van der Waals surface area contributed by atoms with Crippen LogP contribution in [-0.2, 0) is 22.7 Å². The average Bonchev–Trinajstić information content (AvgIpc) is 2.68. The summed E-state index contributed by atoms with van der Waals surface area (Å²) in [5.74, 6) is 0.111. The smallest absolute Gasteiger partial charge is 0.299 e. The fourth-order valence-electron chi connectivity index (χ4n) is 3.43. The van der Waals surface area contributed by atoms with Crippen molar-refractivity contribution >= 4 is 10.0 Å². The third kappa shape index (κ3) is 5.33. The van der Waals surface area contributed by atoms with E-state index in [1.165, 1.54) is 17.7 Å². The molecule has 0 bridgehead atoms. The van der Waals surface area contributed by atoms with Crippen LogP contribution in [-0.4, -0.2) is 33.0 Å². The summed E-state index contributed by atoms with van der Waals surface area (Å²) in [6.07, 6.45) is -3.11. The molecule has 0 amide bonds. The van der Waals surface area contributed by atoms with Crippen LogP contribution in [0.1, 0.15) is 24.0 Å².